The first-order chi connectivity index (χ1) is 12.4. The van der Waals surface area contributed by atoms with Gasteiger partial charge in [0.2, 0.25) is 10.0 Å². The highest BCUT2D eigenvalue weighted by Gasteiger charge is 2.31. The normalized spacial score (nSPS) is 18.5. The van der Waals surface area contributed by atoms with E-state index in [9.17, 15) is 13.2 Å². The number of hydrogen-bond donors (Lipinski definition) is 1. The van der Waals surface area contributed by atoms with E-state index < -0.39 is 10.0 Å². The van der Waals surface area contributed by atoms with Gasteiger partial charge in [-0.2, -0.15) is 4.31 Å². The summed E-state index contributed by atoms with van der Waals surface area (Å²) in [4.78, 5) is 12.7. The van der Waals surface area contributed by atoms with Gasteiger partial charge in [0.05, 0.1) is 4.90 Å². The van der Waals surface area contributed by atoms with E-state index in [0.29, 0.717) is 17.8 Å². The smallest absolute Gasteiger partial charge is 0.255 e. The molecule has 1 saturated heterocycles. The molecule has 2 aromatic carbocycles. The van der Waals surface area contributed by atoms with Gasteiger partial charge in [0, 0.05) is 23.8 Å². The molecule has 1 heterocycles. The van der Waals surface area contributed by atoms with Gasteiger partial charge in [-0.3, -0.25) is 4.79 Å². The van der Waals surface area contributed by atoms with E-state index in [1.807, 2.05) is 38.1 Å². The molecule has 1 aliphatic heterocycles. The van der Waals surface area contributed by atoms with Crippen LogP contribution < -0.4 is 5.32 Å². The van der Waals surface area contributed by atoms with Crippen LogP contribution in [0.15, 0.2) is 53.4 Å². The molecule has 26 heavy (non-hydrogen) atoms. The predicted octanol–water partition coefficient (Wildman–Crippen LogP) is 3.81. The molecule has 0 saturated carbocycles. The van der Waals surface area contributed by atoms with E-state index in [2.05, 4.69) is 5.32 Å². The zero-order valence-corrected chi connectivity index (χ0v) is 15.9. The minimum atomic E-state index is -3.59. The highest BCUT2D eigenvalue weighted by Crippen LogP contribution is 2.25. The molecule has 1 fully saturated rings. The van der Waals surface area contributed by atoms with Crippen molar-refractivity contribution in [2.75, 3.05) is 11.9 Å². The molecule has 1 amide bonds. The Kier molecular flexibility index (Phi) is 5.44. The lowest BCUT2D eigenvalue weighted by Gasteiger charge is -2.32. The van der Waals surface area contributed by atoms with Crippen LogP contribution in [0, 0.1) is 6.92 Å². The first kappa shape index (κ1) is 18.6. The minimum absolute atomic E-state index is 0.0150. The summed E-state index contributed by atoms with van der Waals surface area (Å²) in [5.74, 6) is -0.322. The minimum Gasteiger partial charge on any atom is -0.322 e. The first-order valence-electron chi connectivity index (χ1n) is 8.88. The summed E-state index contributed by atoms with van der Waals surface area (Å²) in [6.07, 6.45) is 2.79. The molecule has 138 valence electrons. The molecule has 1 N–H and O–H groups in total. The Labute approximate surface area is 155 Å². The maximum atomic E-state index is 13.0. The van der Waals surface area contributed by atoms with Gasteiger partial charge in [-0.1, -0.05) is 30.2 Å². The van der Waals surface area contributed by atoms with Crippen molar-refractivity contribution >= 4 is 21.6 Å². The van der Waals surface area contributed by atoms with E-state index in [-0.39, 0.29) is 16.8 Å². The molecule has 5 nitrogen and oxygen atoms in total. The van der Waals surface area contributed by atoms with Crippen LogP contribution in [0.5, 0.6) is 0 Å². The number of piperidine rings is 1. The van der Waals surface area contributed by atoms with Crippen molar-refractivity contribution in [1.29, 1.82) is 0 Å². The Morgan fingerprint density at radius 1 is 1.12 bits per heavy atom. The van der Waals surface area contributed by atoms with Gasteiger partial charge in [-0.15, -0.1) is 0 Å². The van der Waals surface area contributed by atoms with E-state index in [1.165, 1.54) is 6.07 Å². The topological polar surface area (TPSA) is 66.5 Å². The fraction of sp³-hybridized carbons (Fsp3) is 0.350. The van der Waals surface area contributed by atoms with Crippen molar-refractivity contribution in [2.45, 2.75) is 44.0 Å². The number of anilines is 1. The van der Waals surface area contributed by atoms with Crippen molar-refractivity contribution in [1.82, 2.24) is 4.31 Å². The Morgan fingerprint density at radius 3 is 2.54 bits per heavy atom. The number of carbonyl (C=O) groups is 1. The summed E-state index contributed by atoms with van der Waals surface area (Å²) >= 11 is 0. The van der Waals surface area contributed by atoms with Gasteiger partial charge in [0.25, 0.3) is 5.91 Å². The predicted molar refractivity (Wildman–Crippen MR) is 103 cm³/mol. The number of aryl methyl sites for hydroxylation is 1. The summed E-state index contributed by atoms with van der Waals surface area (Å²) in [6, 6.07) is 13.7. The maximum Gasteiger partial charge on any atom is 0.255 e. The largest absolute Gasteiger partial charge is 0.322 e. The van der Waals surface area contributed by atoms with Crippen molar-refractivity contribution in [3.63, 3.8) is 0 Å². The number of nitrogens with one attached hydrogen (secondary N) is 1. The van der Waals surface area contributed by atoms with Crippen LogP contribution in [-0.2, 0) is 10.0 Å². The monoisotopic (exact) mass is 372 g/mol. The molecule has 2 aromatic rings. The van der Waals surface area contributed by atoms with Gasteiger partial charge >= 0.3 is 0 Å². The summed E-state index contributed by atoms with van der Waals surface area (Å²) in [7, 11) is -3.59. The van der Waals surface area contributed by atoms with E-state index in [0.717, 1.165) is 24.8 Å². The third-order valence-electron chi connectivity index (χ3n) is 4.75. The number of carbonyl (C=O) groups excluding carboxylic acids is 1. The summed E-state index contributed by atoms with van der Waals surface area (Å²) in [5, 5.41) is 2.81. The van der Waals surface area contributed by atoms with Gasteiger partial charge < -0.3 is 5.32 Å². The lowest BCUT2D eigenvalue weighted by molar-refractivity contribution is 0.102. The summed E-state index contributed by atoms with van der Waals surface area (Å²) < 4.78 is 27.5. The average Bonchev–Trinajstić information content (AvgIpc) is 2.64. The van der Waals surface area contributed by atoms with Crippen molar-refractivity contribution in [3.8, 4) is 0 Å². The number of rotatable bonds is 4. The fourth-order valence-electron chi connectivity index (χ4n) is 3.20. The van der Waals surface area contributed by atoms with Gasteiger partial charge in [0.15, 0.2) is 0 Å². The average molecular weight is 372 g/mol. The number of sulfonamides is 1. The van der Waals surface area contributed by atoms with E-state index in [1.54, 1.807) is 22.5 Å². The Hall–Kier alpha value is -2.18. The molecule has 1 atom stereocenters. The Balaban J connectivity index is 1.83. The molecular weight excluding hydrogens is 348 g/mol. The molecule has 0 radical (unpaired) electrons. The van der Waals surface area contributed by atoms with Crippen molar-refractivity contribution < 1.29 is 13.2 Å². The number of nitrogens with zero attached hydrogens (tertiary/aromatic N) is 1. The third kappa shape index (κ3) is 3.97. The Bertz CT molecular complexity index is 892. The lowest BCUT2D eigenvalue weighted by Crippen LogP contribution is -2.41. The van der Waals surface area contributed by atoms with Crippen LogP contribution in [0.4, 0.5) is 5.69 Å². The SMILES string of the molecule is Cc1ccc(NC(=O)c2cccc(S(=O)(=O)N3CCCCC3C)c2)cc1. The first-order valence-corrected chi connectivity index (χ1v) is 10.3. The molecule has 1 unspecified atom stereocenters. The van der Waals surface area contributed by atoms with Crippen molar-refractivity contribution in [3.05, 3.63) is 59.7 Å². The van der Waals surface area contributed by atoms with Gasteiger partial charge in [-0.25, -0.2) is 8.42 Å². The summed E-state index contributed by atoms with van der Waals surface area (Å²) in [6.45, 7) is 4.44. The van der Waals surface area contributed by atoms with Crippen LogP contribution in [0.2, 0.25) is 0 Å². The van der Waals surface area contributed by atoms with Crippen LogP contribution in [0.3, 0.4) is 0 Å². The van der Waals surface area contributed by atoms with Crippen LogP contribution in [0.25, 0.3) is 0 Å². The second kappa shape index (κ2) is 7.60. The number of benzene rings is 2. The summed E-state index contributed by atoms with van der Waals surface area (Å²) in [5.41, 5.74) is 2.11. The highest BCUT2D eigenvalue weighted by molar-refractivity contribution is 7.89. The molecule has 6 heteroatoms. The molecule has 0 aromatic heterocycles. The van der Waals surface area contributed by atoms with E-state index in [4.69, 9.17) is 0 Å². The third-order valence-corrected chi connectivity index (χ3v) is 6.76. The fourth-order valence-corrected chi connectivity index (χ4v) is 4.95. The number of amides is 1. The van der Waals surface area contributed by atoms with Crippen molar-refractivity contribution in [2.24, 2.45) is 0 Å². The van der Waals surface area contributed by atoms with E-state index >= 15 is 0 Å². The second-order valence-corrected chi connectivity index (χ2v) is 8.70. The van der Waals surface area contributed by atoms with Crippen LogP contribution in [-0.4, -0.2) is 31.2 Å². The molecule has 0 aliphatic carbocycles. The highest BCUT2D eigenvalue weighted by atomic mass is 32.2. The molecule has 3 rings (SSSR count). The molecule has 0 spiro atoms. The maximum absolute atomic E-state index is 13.0. The number of hydrogen-bond acceptors (Lipinski definition) is 3. The van der Waals surface area contributed by atoms with Crippen LogP contribution >= 0.6 is 0 Å². The standard InChI is InChI=1S/C20H24N2O3S/c1-15-9-11-18(12-10-15)21-20(23)17-7-5-8-19(14-17)26(24,25)22-13-4-3-6-16(22)2/h5,7-12,14,16H,3-4,6,13H2,1-2H3,(H,21,23). The zero-order chi connectivity index (χ0) is 18.7. The zero-order valence-electron chi connectivity index (χ0n) is 15.1. The van der Waals surface area contributed by atoms with Gasteiger partial charge in [-0.05, 0) is 57.0 Å². The van der Waals surface area contributed by atoms with Crippen LogP contribution in [0.1, 0.15) is 42.1 Å². The molecular formula is C20H24N2O3S. The van der Waals surface area contributed by atoms with Gasteiger partial charge in [0.1, 0.15) is 0 Å². The second-order valence-electron chi connectivity index (χ2n) is 6.81. The quantitative estimate of drug-likeness (QED) is 0.887. The lowest BCUT2D eigenvalue weighted by atomic mass is 10.1. The molecule has 1 aliphatic rings. The molecule has 0 bridgehead atoms. The Morgan fingerprint density at radius 2 is 1.85 bits per heavy atom.